The maximum Gasteiger partial charge on any atom is 0.256 e. The third-order valence-corrected chi connectivity index (χ3v) is 5.96. The third-order valence-electron chi connectivity index (χ3n) is 5.13. The first-order valence-electron chi connectivity index (χ1n) is 9.85. The molecule has 1 N–H and O–H groups in total. The minimum Gasteiger partial charge on any atom is -0.381 e. The molecule has 2 heterocycles. The molecule has 0 bridgehead atoms. The normalized spacial score (nSPS) is 16.4. The van der Waals surface area contributed by atoms with E-state index in [1.165, 1.54) is 16.9 Å². The number of rotatable bonds is 7. The summed E-state index contributed by atoms with van der Waals surface area (Å²) < 4.78 is 5.43. The molecule has 1 unspecified atom stereocenters. The van der Waals surface area contributed by atoms with Crippen LogP contribution in [0.15, 0.2) is 35.7 Å². The highest BCUT2D eigenvalue weighted by molar-refractivity contribution is 7.14. The van der Waals surface area contributed by atoms with Crippen LogP contribution in [-0.2, 0) is 4.74 Å². The van der Waals surface area contributed by atoms with Gasteiger partial charge in [0.25, 0.3) is 11.8 Å². The highest BCUT2D eigenvalue weighted by atomic mass is 32.1. The molecule has 1 aliphatic rings. The fourth-order valence-electron chi connectivity index (χ4n) is 3.33. The van der Waals surface area contributed by atoms with Gasteiger partial charge in [0.2, 0.25) is 0 Å². The van der Waals surface area contributed by atoms with Crippen LogP contribution in [0.1, 0.15) is 59.4 Å². The number of carbonyl (C=O) groups excluding carboxylic acids is 2. The lowest BCUT2D eigenvalue weighted by atomic mass is 10.0. The molecular formula is C22H28N2O3S. The maximum atomic E-state index is 13.0. The molecule has 28 heavy (non-hydrogen) atoms. The number of ether oxygens (including phenoxy) is 1. The van der Waals surface area contributed by atoms with Crippen molar-refractivity contribution >= 4 is 28.2 Å². The van der Waals surface area contributed by atoms with Gasteiger partial charge in [0.15, 0.2) is 0 Å². The summed E-state index contributed by atoms with van der Waals surface area (Å²) in [6, 6.07) is 9.40. The summed E-state index contributed by atoms with van der Waals surface area (Å²) in [5.74, 6) is 0.573. The van der Waals surface area contributed by atoms with Gasteiger partial charge in [-0.2, -0.15) is 0 Å². The smallest absolute Gasteiger partial charge is 0.256 e. The summed E-state index contributed by atoms with van der Waals surface area (Å²) in [6.45, 7) is 9.03. The van der Waals surface area contributed by atoms with Gasteiger partial charge in [-0.3, -0.25) is 9.59 Å². The van der Waals surface area contributed by atoms with Crippen LogP contribution in [0.3, 0.4) is 0 Å². The summed E-state index contributed by atoms with van der Waals surface area (Å²) in [7, 11) is 0. The lowest BCUT2D eigenvalue weighted by molar-refractivity contribution is 0.0732. The van der Waals surface area contributed by atoms with Crippen LogP contribution in [0.5, 0.6) is 0 Å². The predicted octanol–water partition coefficient (Wildman–Crippen LogP) is 4.62. The Morgan fingerprint density at radius 3 is 2.61 bits per heavy atom. The highest BCUT2D eigenvalue weighted by Crippen LogP contribution is 2.26. The number of anilines is 1. The van der Waals surface area contributed by atoms with Gasteiger partial charge in [-0.05, 0) is 48.4 Å². The van der Waals surface area contributed by atoms with Crippen molar-refractivity contribution in [1.29, 1.82) is 0 Å². The zero-order chi connectivity index (χ0) is 20.1. The fourth-order valence-corrected chi connectivity index (χ4v) is 4.11. The first kappa shape index (κ1) is 20.6. The SMILES string of the molecule is CCN(CC1CCOC1)C(=O)c1ccsc1NC(=O)c1ccc(C(C)C)cc1. The first-order valence-corrected chi connectivity index (χ1v) is 10.7. The van der Waals surface area contributed by atoms with Gasteiger partial charge >= 0.3 is 0 Å². The average molecular weight is 401 g/mol. The van der Waals surface area contributed by atoms with E-state index in [1.807, 2.05) is 41.5 Å². The Hall–Kier alpha value is -2.18. The molecule has 5 nitrogen and oxygen atoms in total. The average Bonchev–Trinajstić information content (AvgIpc) is 3.37. The predicted molar refractivity (Wildman–Crippen MR) is 113 cm³/mol. The summed E-state index contributed by atoms with van der Waals surface area (Å²) in [5.41, 5.74) is 2.34. The lowest BCUT2D eigenvalue weighted by Crippen LogP contribution is -2.35. The molecular weight excluding hydrogens is 372 g/mol. The monoisotopic (exact) mass is 400 g/mol. The van der Waals surface area contributed by atoms with Gasteiger partial charge in [-0.25, -0.2) is 0 Å². The molecule has 1 aromatic carbocycles. The summed E-state index contributed by atoms with van der Waals surface area (Å²) in [6.07, 6.45) is 0.989. The van der Waals surface area contributed by atoms with E-state index in [9.17, 15) is 9.59 Å². The summed E-state index contributed by atoms with van der Waals surface area (Å²) in [5, 5.41) is 5.36. The molecule has 1 atom stereocenters. The van der Waals surface area contributed by atoms with Crippen LogP contribution in [0, 0.1) is 5.92 Å². The number of amides is 2. The van der Waals surface area contributed by atoms with Crippen LogP contribution >= 0.6 is 11.3 Å². The zero-order valence-electron chi connectivity index (χ0n) is 16.7. The van der Waals surface area contributed by atoms with E-state index in [4.69, 9.17) is 4.74 Å². The second kappa shape index (κ2) is 9.34. The molecule has 1 fully saturated rings. The van der Waals surface area contributed by atoms with Gasteiger partial charge in [-0.1, -0.05) is 26.0 Å². The lowest BCUT2D eigenvalue weighted by Gasteiger charge is -2.24. The van der Waals surface area contributed by atoms with Crippen molar-refractivity contribution < 1.29 is 14.3 Å². The molecule has 0 spiro atoms. The van der Waals surface area contributed by atoms with Crippen molar-refractivity contribution in [2.45, 2.75) is 33.1 Å². The van der Waals surface area contributed by atoms with Crippen molar-refractivity contribution in [3.63, 3.8) is 0 Å². The molecule has 3 rings (SSSR count). The standard InChI is InChI=1S/C22H28N2O3S/c1-4-24(13-16-9-11-27-14-16)22(26)19-10-12-28-21(19)23-20(25)18-7-5-17(6-8-18)15(2)3/h5-8,10,12,15-16H,4,9,11,13-14H2,1-3H3,(H,23,25). The van der Waals surface area contributed by atoms with E-state index in [-0.39, 0.29) is 11.8 Å². The number of nitrogens with one attached hydrogen (secondary N) is 1. The number of hydrogen-bond acceptors (Lipinski definition) is 4. The largest absolute Gasteiger partial charge is 0.381 e. The van der Waals surface area contributed by atoms with Crippen LogP contribution in [0.25, 0.3) is 0 Å². The number of benzene rings is 1. The number of nitrogens with zero attached hydrogens (tertiary/aromatic N) is 1. The topological polar surface area (TPSA) is 58.6 Å². The van der Waals surface area contributed by atoms with Gasteiger partial charge in [0.05, 0.1) is 12.2 Å². The molecule has 150 valence electrons. The van der Waals surface area contributed by atoms with E-state index in [2.05, 4.69) is 19.2 Å². The minimum absolute atomic E-state index is 0.0406. The molecule has 0 aliphatic carbocycles. The van der Waals surface area contributed by atoms with Crippen LogP contribution in [-0.4, -0.2) is 43.0 Å². The quantitative estimate of drug-likeness (QED) is 0.738. The van der Waals surface area contributed by atoms with Crippen molar-refractivity contribution in [2.75, 3.05) is 31.6 Å². The van der Waals surface area contributed by atoms with E-state index in [0.717, 1.165) is 13.0 Å². The Bertz CT molecular complexity index is 807. The van der Waals surface area contributed by atoms with Gasteiger partial charge < -0.3 is 15.0 Å². The van der Waals surface area contributed by atoms with Gasteiger partial charge in [-0.15, -0.1) is 11.3 Å². The van der Waals surface area contributed by atoms with Gasteiger partial charge in [0, 0.05) is 31.2 Å². The Kier molecular flexibility index (Phi) is 6.86. The Balaban J connectivity index is 1.69. The molecule has 0 saturated carbocycles. The summed E-state index contributed by atoms with van der Waals surface area (Å²) in [4.78, 5) is 27.5. The fraction of sp³-hybridized carbons (Fsp3) is 0.455. The highest BCUT2D eigenvalue weighted by Gasteiger charge is 2.25. The third kappa shape index (κ3) is 4.80. The molecule has 1 saturated heterocycles. The van der Waals surface area contributed by atoms with E-state index < -0.39 is 0 Å². The van der Waals surface area contributed by atoms with Crippen LogP contribution < -0.4 is 5.32 Å². The number of hydrogen-bond donors (Lipinski definition) is 1. The molecule has 2 aromatic rings. The number of carbonyl (C=O) groups is 2. The number of thiophene rings is 1. The molecule has 1 aromatic heterocycles. The van der Waals surface area contributed by atoms with Crippen molar-refractivity contribution in [1.82, 2.24) is 4.90 Å². The van der Waals surface area contributed by atoms with Crippen molar-refractivity contribution in [2.24, 2.45) is 5.92 Å². The first-order chi connectivity index (χ1) is 13.5. The van der Waals surface area contributed by atoms with Crippen molar-refractivity contribution in [3.05, 3.63) is 52.4 Å². The molecule has 1 aliphatic heterocycles. The Morgan fingerprint density at radius 2 is 2.00 bits per heavy atom. The Morgan fingerprint density at radius 1 is 1.25 bits per heavy atom. The van der Waals surface area contributed by atoms with E-state index >= 15 is 0 Å². The van der Waals surface area contributed by atoms with Gasteiger partial charge in [0.1, 0.15) is 5.00 Å². The zero-order valence-corrected chi connectivity index (χ0v) is 17.6. The van der Waals surface area contributed by atoms with Crippen LogP contribution in [0.2, 0.25) is 0 Å². The Labute approximate surface area is 170 Å². The molecule has 6 heteroatoms. The molecule has 0 radical (unpaired) electrons. The molecule has 2 amide bonds. The minimum atomic E-state index is -0.195. The maximum absolute atomic E-state index is 13.0. The second-order valence-corrected chi connectivity index (χ2v) is 8.38. The van der Waals surface area contributed by atoms with Crippen molar-refractivity contribution in [3.8, 4) is 0 Å². The summed E-state index contributed by atoms with van der Waals surface area (Å²) >= 11 is 1.38. The van der Waals surface area contributed by atoms with E-state index in [0.29, 0.717) is 47.7 Å². The van der Waals surface area contributed by atoms with Crippen LogP contribution in [0.4, 0.5) is 5.00 Å². The van der Waals surface area contributed by atoms with E-state index in [1.54, 1.807) is 6.07 Å². The second-order valence-electron chi connectivity index (χ2n) is 7.47.